The number of carbonyl (C=O) groups excluding carboxylic acids is 1. The van der Waals surface area contributed by atoms with Crippen LogP contribution in [0.4, 0.5) is 35.5 Å². The molecule has 2 aromatic carbocycles. The van der Waals surface area contributed by atoms with Crippen LogP contribution in [0.2, 0.25) is 0 Å². The molecule has 40 heavy (non-hydrogen) atoms. The van der Waals surface area contributed by atoms with Gasteiger partial charge in [-0.15, -0.1) is 0 Å². The van der Waals surface area contributed by atoms with E-state index in [4.69, 9.17) is 4.74 Å². The number of alkyl halides is 6. The van der Waals surface area contributed by atoms with E-state index in [2.05, 4.69) is 0 Å². The minimum absolute atomic E-state index is 0.0693. The van der Waals surface area contributed by atoms with Gasteiger partial charge in [0.25, 0.3) is 0 Å². The third-order valence-electron chi connectivity index (χ3n) is 7.81. The number of carbonyl (C=O) groups is 2. The minimum atomic E-state index is -5.14. The van der Waals surface area contributed by atoms with Crippen LogP contribution in [0.3, 0.4) is 0 Å². The maximum absolute atomic E-state index is 13.7. The molecule has 5 atom stereocenters. The molecule has 1 unspecified atom stereocenters. The number of halogens is 7. The van der Waals surface area contributed by atoms with Gasteiger partial charge in [-0.05, 0) is 66.0 Å². The number of nitrogens with zero attached hydrogens (tertiary/aromatic N) is 1. The molecule has 218 valence electrons. The van der Waals surface area contributed by atoms with E-state index in [1.54, 1.807) is 0 Å². The third kappa shape index (κ3) is 5.90. The van der Waals surface area contributed by atoms with E-state index in [0.717, 1.165) is 0 Å². The molecule has 1 saturated carbocycles. The molecule has 1 aliphatic carbocycles. The second-order valence-corrected chi connectivity index (χ2v) is 11.5. The molecule has 2 aromatic rings. The summed E-state index contributed by atoms with van der Waals surface area (Å²) in [5, 5.41) is 9.94. The lowest BCUT2D eigenvalue weighted by molar-refractivity contribution is -0.143. The number of rotatable bonds is 3. The fraction of sp³-hybridized carbons (Fsp3) is 0.500. The third-order valence-corrected chi connectivity index (χ3v) is 7.81. The van der Waals surface area contributed by atoms with Crippen molar-refractivity contribution in [3.8, 4) is 0 Å². The molecule has 0 bridgehead atoms. The molecule has 1 aliphatic heterocycles. The Kier molecular flexibility index (Phi) is 7.61. The number of benzene rings is 2. The van der Waals surface area contributed by atoms with Crippen LogP contribution in [0.1, 0.15) is 66.6 Å². The molecule has 0 aromatic heterocycles. The molecule has 2 aliphatic rings. The van der Waals surface area contributed by atoms with Gasteiger partial charge in [0.05, 0.1) is 16.7 Å². The Hall–Kier alpha value is -3.31. The van der Waals surface area contributed by atoms with Gasteiger partial charge in [-0.1, -0.05) is 32.9 Å². The van der Waals surface area contributed by atoms with E-state index in [1.165, 1.54) is 29.2 Å². The van der Waals surface area contributed by atoms with Gasteiger partial charge in [0.15, 0.2) is 0 Å². The maximum Gasteiger partial charge on any atom is 0.416 e. The van der Waals surface area contributed by atoms with Crippen LogP contribution in [-0.4, -0.2) is 40.8 Å². The number of hydrogen-bond acceptors (Lipinski definition) is 3. The van der Waals surface area contributed by atoms with Crippen molar-refractivity contribution in [2.24, 2.45) is 17.3 Å². The van der Waals surface area contributed by atoms with Crippen LogP contribution in [0, 0.1) is 23.1 Å². The van der Waals surface area contributed by atoms with E-state index < -0.39 is 76.3 Å². The zero-order chi connectivity index (χ0) is 29.8. The van der Waals surface area contributed by atoms with E-state index in [-0.39, 0.29) is 24.9 Å². The standard InChI is InChI=1S/C28H28F7NO4/c1-26(2,3)23-19-8-9-21(22(14-4-6-18(29)7-5-14)20(19)13-36(23)25(38)39)40-24(37)15-10-16(27(30,31)32)12-17(11-15)28(33,34)35/h4-7,10-12,19-23H,8-9,13H2,1-3H3,(H,38,39)/t19-,20-,21+,22+,23?/m1/s1. The first-order valence-corrected chi connectivity index (χ1v) is 12.6. The zero-order valence-corrected chi connectivity index (χ0v) is 21.8. The molecule has 4 rings (SSSR count). The van der Waals surface area contributed by atoms with Gasteiger partial charge in [0.2, 0.25) is 0 Å². The highest BCUT2D eigenvalue weighted by Crippen LogP contribution is 2.53. The number of ether oxygens (including phenoxy) is 1. The second-order valence-electron chi connectivity index (χ2n) is 11.5. The van der Waals surface area contributed by atoms with Crippen molar-refractivity contribution < 1.29 is 50.2 Å². The van der Waals surface area contributed by atoms with Crippen molar-refractivity contribution >= 4 is 12.1 Å². The first-order valence-electron chi connectivity index (χ1n) is 12.6. The number of fused-ring (bicyclic) bond motifs is 1. The Morgan fingerprint density at radius 3 is 1.90 bits per heavy atom. The zero-order valence-electron chi connectivity index (χ0n) is 21.8. The topological polar surface area (TPSA) is 66.8 Å². The summed E-state index contributed by atoms with van der Waals surface area (Å²) in [7, 11) is 0. The summed E-state index contributed by atoms with van der Waals surface area (Å²) in [6.07, 6.45) is -11.8. The SMILES string of the molecule is CC(C)(C)C1[C@@H]2CC[C@H](OC(=O)c3cc(C(F)(F)F)cc(C(F)(F)F)c3)[C@@H](c3ccc(F)cc3)[C@@H]2CN1C(=O)O. The van der Waals surface area contributed by atoms with Gasteiger partial charge in [-0.25, -0.2) is 14.0 Å². The summed E-state index contributed by atoms with van der Waals surface area (Å²) < 4.78 is 99.5. The van der Waals surface area contributed by atoms with Gasteiger partial charge in [-0.2, -0.15) is 26.3 Å². The summed E-state index contributed by atoms with van der Waals surface area (Å²) in [5.74, 6) is -3.16. The lowest BCUT2D eigenvalue weighted by atomic mass is 9.64. The van der Waals surface area contributed by atoms with E-state index in [0.29, 0.717) is 24.1 Å². The van der Waals surface area contributed by atoms with Crippen LogP contribution >= 0.6 is 0 Å². The van der Waals surface area contributed by atoms with Crippen LogP contribution in [0.5, 0.6) is 0 Å². The molecule has 1 heterocycles. The van der Waals surface area contributed by atoms with Crippen LogP contribution in [-0.2, 0) is 17.1 Å². The molecule has 0 radical (unpaired) electrons. The predicted octanol–water partition coefficient (Wildman–Crippen LogP) is 7.61. The number of likely N-dealkylation sites (tertiary alicyclic amines) is 1. The molecule has 2 fully saturated rings. The van der Waals surface area contributed by atoms with Gasteiger partial charge < -0.3 is 14.7 Å². The van der Waals surface area contributed by atoms with Crippen LogP contribution in [0.15, 0.2) is 42.5 Å². The molecule has 5 nitrogen and oxygen atoms in total. The molecule has 1 amide bonds. The van der Waals surface area contributed by atoms with Crippen molar-refractivity contribution in [3.05, 3.63) is 70.5 Å². The largest absolute Gasteiger partial charge is 0.465 e. The smallest absolute Gasteiger partial charge is 0.416 e. The normalized spacial score (nSPS) is 25.4. The fourth-order valence-corrected chi connectivity index (χ4v) is 6.37. The van der Waals surface area contributed by atoms with E-state index >= 15 is 0 Å². The van der Waals surface area contributed by atoms with Crippen LogP contribution in [0.25, 0.3) is 0 Å². The van der Waals surface area contributed by atoms with Crippen molar-refractivity contribution in [1.82, 2.24) is 4.90 Å². The van der Waals surface area contributed by atoms with Gasteiger partial charge in [-0.3, -0.25) is 0 Å². The summed E-state index contributed by atoms with van der Waals surface area (Å²) in [4.78, 5) is 26.6. The Balaban J connectivity index is 1.73. The highest BCUT2D eigenvalue weighted by Gasteiger charge is 2.55. The average molecular weight is 576 g/mol. The van der Waals surface area contributed by atoms with Gasteiger partial charge >= 0.3 is 24.4 Å². The average Bonchev–Trinajstić information content (AvgIpc) is 3.24. The maximum atomic E-state index is 13.7. The Labute approximate surface area is 225 Å². The quantitative estimate of drug-likeness (QED) is 0.302. The summed E-state index contributed by atoms with van der Waals surface area (Å²) in [5.41, 5.74) is -4.13. The van der Waals surface area contributed by atoms with Gasteiger partial charge in [0, 0.05) is 18.5 Å². The van der Waals surface area contributed by atoms with E-state index in [9.17, 15) is 45.4 Å². The number of amides is 1. The molecule has 12 heteroatoms. The molecule has 1 saturated heterocycles. The molecular formula is C28H28F7NO4. The predicted molar refractivity (Wildman–Crippen MR) is 129 cm³/mol. The first-order chi connectivity index (χ1) is 18.4. The highest BCUT2D eigenvalue weighted by molar-refractivity contribution is 5.90. The Morgan fingerprint density at radius 1 is 0.875 bits per heavy atom. The highest BCUT2D eigenvalue weighted by atomic mass is 19.4. The lowest BCUT2D eigenvalue weighted by Gasteiger charge is -2.43. The second kappa shape index (κ2) is 10.3. The first kappa shape index (κ1) is 29.7. The Morgan fingerprint density at radius 2 is 1.43 bits per heavy atom. The molecule has 1 N–H and O–H groups in total. The number of hydrogen-bond donors (Lipinski definition) is 1. The summed E-state index contributed by atoms with van der Waals surface area (Å²) in [6.45, 7) is 5.78. The lowest BCUT2D eigenvalue weighted by Crippen LogP contribution is -2.46. The van der Waals surface area contributed by atoms with Crippen molar-refractivity contribution in [2.75, 3.05) is 6.54 Å². The van der Waals surface area contributed by atoms with Crippen molar-refractivity contribution in [2.45, 2.75) is 64.0 Å². The fourth-order valence-electron chi connectivity index (χ4n) is 6.37. The van der Waals surface area contributed by atoms with Crippen molar-refractivity contribution in [3.63, 3.8) is 0 Å². The monoisotopic (exact) mass is 575 g/mol. The summed E-state index contributed by atoms with van der Waals surface area (Å²) >= 11 is 0. The molecule has 0 spiro atoms. The molecular weight excluding hydrogens is 547 g/mol. The van der Waals surface area contributed by atoms with E-state index in [1.807, 2.05) is 20.8 Å². The van der Waals surface area contributed by atoms with Gasteiger partial charge in [0.1, 0.15) is 11.9 Å². The van der Waals surface area contributed by atoms with Crippen LogP contribution < -0.4 is 0 Å². The number of esters is 1. The Bertz CT molecular complexity index is 1240. The number of carboxylic acid groups (broad SMARTS) is 1. The summed E-state index contributed by atoms with van der Waals surface area (Å²) in [6, 6.07) is 5.45. The minimum Gasteiger partial charge on any atom is -0.465 e. The van der Waals surface area contributed by atoms with Crippen molar-refractivity contribution in [1.29, 1.82) is 0 Å².